The van der Waals surface area contributed by atoms with Gasteiger partial charge in [0.2, 0.25) is 0 Å². The fraction of sp³-hybridized carbons (Fsp3) is 0.500. The molecule has 0 aromatic heterocycles. The molecule has 0 saturated carbocycles. The Labute approximate surface area is 97.3 Å². The van der Waals surface area contributed by atoms with Crippen LogP contribution in [0.5, 0.6) is 0 Å². The predicted octanol–water partition coefficient (Wildman–Crippen LogP) is 3.06. The van der Waals surface area contributed by atoms with Gasteiger partial charge >= 0.3 is 0 Å². The van der Waals surface area contributed by atoms with Crippen molar-refractivity contribution in [1.29, 1.82) is 0 Å². The molecule has 0 amide bonds. The normalized spacial score (nSPS) is 11.4. The summed E-state index contributed by atoms with van der Waals surface area (Å²) in [4.78, 5) is 11.8. The minimum Gasteiger partial charge on any atom is -0.396 e. The van der Waals surface area contributed by atoms with E-state index in [1.54, 1.807) is 0 Å². The molecule has 0 aliphatic heterocycles. The van der Waals surface area contributed by atoms with Crippen LogP contribution in [0.25, 0.3) is 0 Å². The van der Waals surface area contributed by atoms with Crippen molar-refractivity contribution in [3.63, 3.8) is 0 Å². The zero-order valence-corrected chi connectivity index (χ0v) is 10.1. The number of aliphatic hydroxyl groups excluding tert-OH is 1. The van der Waals surface area contributed by atoms with Crippen LogP contribution >= 0.6 is 0 Å². The molecule has 0 aliphatic carbocycles. The summed E-state index contributed by atoms with van der Waals surface area (Å²) in [6.07, 6.45) is 2.27. The number of aliphatic hydroxyl groups is 1. The van der Waals surface area contributed by atoms with E-state index in [0.717, 1.165) is 18.4 Å². The quantitative estimate of drug-likeness (QED) is 0.748. The summed E-state index contributed by atoms with van der Waals surface area (Å²) in [5.41, 5.74) is 0.709. The molecule has 2 nitrogen and oxygen atoms in total. The van der Waals surface area contributed by atoms with Crippen LogP contribution in [0.2, 0.25) is 0 Å². The van der Waals surface area contributed by atoms with Gasteiger partial charge in [-0.05, 0) is 18.3 Å². The Hall–Kier alpha value is -1.15. The van der Waals surface area contributed by atoms with Crippen molar-refractivity contribution in [3.05, 3.63) is 35.9 Å². The number of Topliss-reactive ketones (excluding diaryl/α,β-unsaturated/α-hetero) is 1. The first-order valence-electron chi connectivity index (χ1n) is 5.74. The zero-order chi connectivity index (χ0) is 12.0. The van der Waals surface area contributed by atoms with Gasteiger partial charge in [0, 0.05) is 18.6 Å². The van der Waals surface area contributed by atoms with Gasteiger partial charge in [-0.3, -0.25) is 4.79 Å². The third-order valence-electron chi connectivity index (χ3n) is 2.78. The Morgan fingerprint density at radius 3 is 2.44 bits per heavy atom. The number of rotatable bonds is 6. The fourth-order valence-corrected chi connectivity index (χ4v) is 1.57. The van der Waals surface area contributed by atoms with Crippen LogP contribution in [0.1, 0.15) is 43.5 Å². The smallest absolute Gasteiger partial charge is 0.162 e. The average Bonchev–Trinajstić information content (AvgIpc) is 2.30. The monoisotopic (exact) mass is 220 g/mol. The van der Waals surface area contributed by atoms with Gasteiger partial charge in [-0.15, -0.1) is 0 Å². The highest BCUT2D eigenvalue weighted by atomic mass is 16.3. The third-order valence-corrected chi connectivity index (χ3v) is 2.78. The highest BCUT2D eigenvalue weighted by molar-refractivity contribution is 5.95. The molecule has 0 bridgehead atoms. The van der Waals surface area contributed by atoms with E-state index >= 15 is 0 Å². The maximum Gasteiger partial charge on any atom is 0.162 e. The van der Waals surface area contributed by atoms with Crippen molar-refractivity contribution in [2.75, 3.05) is 6.61 Å². The summed E-state index contributed by atoms with van der Waals surface area (Å²) in [6.45, 7) is 4.20. The van der Waals surface area contributed by atoms with E-state index in [4.69, 9.17) is 5.11 Å². The number of ketones is 1. The van der Waals surface area contributed by atoms with Crippen LogP contribution in [0.3, 0.4) is 0 Å². The van der Waals surface area contributed by atoms with Gasteiger partial charge in [-0.25, -0.2) is 0 Å². The highest BCUT2D eigenvalue weighted by Crippen LogP contribution is 2.22. The Morgan fingerprint density at radius 2 is 1.88 bits per heavy atom. The molecular formula is C14H20O2. The molecule has 0 atom stereocenters. The second-order valence-corrected chi connectivity index (χ2v) is 4.97. The predicted molar refractivity (Wildman–Crippen MR) is 65.5 cm³/mol. The van der Waals surface area contributed by atoms with Gasteiger partial charge in [0.05, 0.1) is 0 Å². The maximum atomic E-state index is 11.8. The van der Waals surface area contributed by atoms with Gasteiger partial charge in [-0.1, -0.05) is 44.2 Å². The lowest BCUT2D eigenvalue weighted by molar-refractivity contribution is 0.0964. The van der Waals surface area contributed by atoms with Crippen molar-refractivity contribution in [3.8, 4) is 0 Å². The van der Waals surface area contributed by atoms with Gasteiger partial charge in [0.15, 0.2) is 5.78 Å². The summed E-state index contributed by atoms with van der Waals surface area (Å²) in [7, 11) is 0. The van der Waals surface area contributed by atoms with E-state index in [-0.39, 0.29) is 17.8 Å². The van der Waals surface area contributed by atoms with Gasteiger partial charge in [0.1, 0.15) is 0 Å². The van der Waals surface area contributed by atoms with Crippen molar-refractivity contribution < 1.29 is 9.90 Å². The lowest BCUT2D eigenvalue weighted by Crippen LogP contribution is -2.16. The summed E-state index contributed by atoms with van der Waals surface area (Å²) in [6, 6.07) is 9.36. The molecule has 0 radical (unpaired) electrons. The molecule has 2 heteroatoms. The summed E-state index contributed by atoms with van der Waals surface area (Å²) >= 11 is 0. The minimum atomic E-state index is -0.0725. The topological polar surface area (TPSA) is 37.3 Å². The van der Waals surface area contributed by atoms with Crippen molar-refractivity contribution in [2.24, 2.45) is 5.41 Å². The highest BCUT2D eigenvalue weighted by Gasteiger charge is 2.16. The molecule has 0 spiro atoms. The Bertz CT molecular complexity index is 328. The van der Waals surface area contributed by atoms with Crippen LogP contribution in [-0.4, -0.2) is 17.5 Å². The third kappa shape index (κ3) is 4.15. The molecule has 0 heterocycles. The molecule has 1 rings (SSSR count). The molecule has 0 unspecified atom stereocenters. The van der Waals surface area contributed by atoms with Crippen molar-refractivity contribution in [1.82, 2.24) is 0 Å². The first-order chi connectivity index (χ1) is 7.55. The number of hydrogen-bond donors (Lipinski definition) is 1. The van der Waals surface area contributed by atoms with Gasteiger partial charge in [-0.2, -0.15) is 0 Å². The van der Waals surface area contributed by atoms with E-state index in [9.17, 15) is 4.79 Å². The van der Waals surface area contributed by atoms with Crippen LogP contribution in [0.4, 0.5) is 0 Å². The molecule has 0 aliphatic rings. The molecular weight excluding hydrogens is 200 g/mol. The fourth-order valence-electron chi connectivity index (χ4n) is 1.57. The SMILES string of the molecule is CC(C)(CO)CCCC(=O)c1ccccc1. The van der Waals surface area contributed by atoms with E-state index in [0.29, 0.717) is 6.42 Å². The van der Waals surface area contributed by atoms with Crippen LogP contribution in [-0.2, 0) is 0 Å². The molecule has 1 N–H and O–H groups in total. The number of benzene rings is 1. The molecule has 16 heavy (non-hydrogen) atoms. The first-order valence-corrected chi connectivity index (χ1v) is 5.74. The van der Waals surface area contributed by atoms with E-state index in [1.807, 2.05) is 44.2 Å². The minimum absolute atomic E-state index is 0.0725. The van der Waals surface area contributed by atoms with E-state index in [1.165, 1.54) is 0 Å². The van der Waals surface area contributed by atoms with Gasteiger partial charge in [0.25, 0.3) is 0 Å². The molecule has 0 fully saturated rings. The summed E-state index contributed by atoms with van der Waals surface area (Å²) < 4.78 is 0. The number of hydrogen-bond acceptors (Lipinski definition) is 2. The molecule has 1 aromatic carbocycles. The van der Waals surface area contributed by atoms with Crippen molar-refractivity contribution in [2.45, 2.75) is 33.1 Å². The molecule has 0 saturated heterocycles. The Morgan fingerprint density at radius 1 is 1.25 bits per heavy atom. The lowest BCUT2D eigenvalue weighted by atomic mass is 9.87. The first kappa shape index (κ1) is 12.9. The number of carbonyl (C=O) groups is 1. The zero-order valence-electron chi connectivity index (χ0n) is 10.1. The standard InChI is InChI=1S/C14H20O2/c1-14(2,11-15)10-6-9-13(16)12-7-4-3-5-8-12/h3-5,7-8,15H,6,9-11H2,1-2H3. The van der Waals surface area contributed by atoms with Crippen LogP contribution in [0, 0.1) is 5.41 Å². The second-order valence-electron chi connectivity index (χ2n) is 4.97. The van der Waals surface area contributed by atoms with Crippen molar-refractivity contribution >= 4 is 5.78 Å². The lowest BCUT2D eigenvalue weighted by Gasteiger charge is -2.20. The largest absolute Gasteiger partial charge is 0.396 e. The molecule has 1 aromatic rings. The Balaban J connectivity index is 2.37. The summed E-state index contributed by atoms with van der Waals surface area (Å²) in [5.74, 6) is 0.189. The Kier molecular flexibility index (Phi) is 4.69. The summed E-state index contributed by atoms with van der Waals surface area (Å²) in [5, 5.41) is 9.09. The van der Waals surface area contributed by atoms with E-state index < -0.39 is 0 Å². The van der Waals surface area contributed by atoms with E-state index in [2.05, 4.69) is 0 Å². The average molecular weight is 220 g/mol. The van der Waals surface area contributed by atoms with Gasteiger partial charge < -0.3 is 5.11 Å². The maximum absolute atomic E-state index is 11.8. The number of carbonyl (C=O) groups excluding carboxylic acids is 1. The van der Waals surface area contributed by atoms with Crippen LogP contribution < -0.4 is 0 Å². The molecule has 88 valence electrons. The second kappa shape index (κ2) is 5.80. The van der Waals surface area contributed by atoms with Crippen LogP contribution in [0.15, 0.2) is 30.3 Å².